The fourth-order valence-corrected chi connectivity index (χ4v) is 3.10. The molecular weight excluding hydrogens is 346 g/mol. The van der Waals surface area contributed by atoms with Crippen LogP contribution in [0.1, 0.15) is 23.1 Å². The number of aryl methyl sites for hydroxylation is 1. The first-order chi connectivity index (χ1) is 13.0. The molecule has 0 aliphatic carbocycles. The topological polar surface area (TPSA) is 102 Å². The van der Waals surface area contributed by atoms with Crippen LogP contribution >= 0.6 is 0 Å². The monoisotopic (exact) mass is 367 g/mol. The van der Waals surface area contributed by atoms with E-state index in [1.165, 1.54) is 19.2 Å². The molecule has 0 aliphatic heterocycles. The fraction of sp³-hybridized carbons (Fsp3) is 0.263. The predicted molar refractivity (Wildman–Crippen MR) is 104 cm³/mol. The largest absolute Gasteiger partial charge is 0.384 e. The molecule has 0 bridgehead atoms. The Labute approximate surface area is 156 Å². The van der Waals surface area contributed by atoms with Crippen molar-refractivity contribution in [2.24, 2.45) is 0 Å². The van der Waals surface area contributed by atoms with E-state index in [1.807, 2.05) is 24.3 Å². The number of nitrogens with zero attached hydrogens (tertiary/aromatic N) is 3. The number of non-ortho nitro benzene ring substituents is 1. The average molecular weight is 367 g/mol. The van der Waals surface area contributed by atoms with E-state index in [0.717, 1.165) is 23.4 Å². The van der Waals surface area contributed by atoms with Gasteiger partial charge in [-0.15, -0.1) is 0 Å². The molecule has 0 radical (unpaired) electrons. The van der Waals surface area contributed by atoms with E-state index in [0.29, 0.717) is 18.7 Å². The number of carbonyl (C=O) groups excluding carboxylic acids is 1. The quantitative estimate of drug-likeness (QED) is 0.494. The Hall–Kier alpha value is -3.42. The summed E-state index contributed by atoms with van der Waals surface area (Å²) in [6, 6.07) is 12.2. The number of rotatable bonds is 7. The van der Waals surface area contributed by atoms with E-state index in [4.69, 9.17) is 0 Å². The number of aromatic nitrogens is 2. The highest BCUT2D eigenvalue weighted by Crippen LogP contribution is 2.22. The highest BCUT2D eigenvalue weighted by Gasteiger charge is 2.16. The molecule has 3 rings (SSSR count). The van der Waals surface area contributed by atoms with Gasteiger partial charge in [0.15, 0.2) is 0 Å². The molecule has 2 aromatic carbocycles. The van der Waals surface area contributed by atoms with E-state index in [9.17, 15) is 14.9 Å². The summed E-state index contributed by atoms with van der Waals surface area (Å²) in [5.74, 6) is 0.580. The summed E-state index contributed by atoms with van der Waals surface area (Å²) in [7, 11) is 1.49. The van der Waals surface area contributed by atoms with Gasteiger partial charge in [0.25, 0.3) is 11.6 Å². The van der Waals surface area contributed by atoms with Gasteiger partial charge in [0, 0.05) is 44.4 Å². The van der Waals surface area contributed by atoms with Crippen LogP contribution in [0, 0.1) is 10.1 Å². The maximum Gasteiger partial charge on any atom is 0.270 e. The number of anilines is 1. The Morgan fingerprint density at radius 3 is 2.74 bits per heavy atom. The average Bonchev–Trinajstić information content (AvgIpc) is 3.04. The second-order valence-corrected chi connectivity index (χ2v) is 6.00. The molecule has 8 nitrogen and oxygen atoms in total. The third kappa shape index (κ3) is 3.74. The maximum atomic E-state index is 12.1. The first-order valence-corrected chi connectivity index (χ1v) is 8.73. The van der Waals surface area contributed by atoms with Gasteiger partial charge in [-0.1, -0.05) is 12.1 Å². The van der Waals surface area contributed by atoms with Crippen LogP contribution in [-0.2, 0) is 13.0 Å². The van der Waals surface area contributed by atoms with Gasteiger partial charge >= 0.3 is 0 Å². The Morgan fingerprint density at radius 1 is 1.26 bits per heavy atom. The highest BCUT2D eigenvalue weighted by atomic mass is 16.6. The van der Waals surface area contributed by atoms with E-state index in [2.05, 4.69) is 27.1 Å². The molecule has 8 heteroatoms. The van der Waals surface area contributed by atoms with Crippen molar-refractivity contribution in [2.75, 3.05) is 18.9 Å². The van der Waals surface area contributed by atoms with Gasteiger partial charge in [-0.25, -0.2) is 4.98 Å². The van der Waals surface area contributed by atoms with Crippen LogP contribution in [-0.4, -0.2) is 34.0 Å². The number of imidazole rings is 1. The van der Waals surface area contributed by atoms with Crippen molar-refractivity contribution in [3.05, 3.63) is 64.0 Å². The molecule has 1 aromatic heterocycles. The molecular formula is C19H21N5O3. The summed E-state index contributed by atoms with van der Waals surface area (Å²) in [5, 5.41) is 16.7. The molecule has 1 amide bonds. The van der Waals surface area contributed by atoms with Crippen LogP contribution < -0.4 is 10.6 Å². The minimum atomic E-state index is -0.514. The van der Waals surface area contributed by atoms with Gasteiger partial charge in [-0.3, -0.25) is 14.9 Å². The number of nitro benzene ring substituents is 1. The number of benzene rings is 2. The number of amides is 1. The van der Waals surface area contributed by atoms with Crippen molar-refractivity contribution in [1.82, 2.24) is 14.9 Å². The van der Waals surface area contributed by atoms with Crippen LogP contribution in [0.3, 0.4) is 0 Å². The van der Waals surface area contributed by atoms with Crippen LogP contribution in [0.25, 0.3) is 11.0 Å². The Balaban J connectivity index is 1.79. The maximum absolute atomic E-state index is 12.1. The number of carbonyl (C=O) groups is 1. The van der Waals surface area contributed by atoms with E-state index < -0.39 is 4.92 Å². The summed E-state index contributed by atoms with van der Waals surface area (Å²) in [6.07, 6.45) is 0.659. The van der Waals surface area contributed by atoms with Gasteiger partial charge in [0.1, 0.15) is 5.82 Å². The third-order valence-electron chi connectivity index (χ3n) is 4.40. The summed E-state index contributed by atoms with van der Waals surface area (Å²) in [6.45, 7) is 3.44. The van der Waals surface area contributed by atoms with Crippen molar-refractivity contribution in [3.63, 3.8) is 0 Å². The van der Waals surface area contributed by atoms with Crippen molar-refractivity contribution >= 4 is 28.3 Å². The normalized spacial score (nSPS) is 10.7. The first-order valence-electron chi connectivity index (χ1n) is 8.73. The van der Waals surface area contributed by atoms with Gasteiger partial charge < -0.3 is 15.2 Å². The number of para-hydroxylation sites is 2. The Kier molecular flexibility index (Phi) is 5.35. The van der Waals surface area contributed by atoms with Crippen molar-refractivity contribution < 1.29 is 9.72 Å². The lowest BCUT2D eigenvalue weighted by Gasteiger charge is -2.12. The molecule has 1 heterocycles. The van der Waals surface area contributed by atoms with Gasteiger partial charge in [0.2, 0.25) is 0 Å². The smallest absolute Gasteiger partial charge is 0.270 e. The lowest BCUT2D eigenvalue weighted by molar-refractivity contribution is -0.384. The zero-order valence-corrected chi connectivity index (χ0v) is 15.2. The van der Waals surface area contributed by atoms with Gasteiger partial charge in [-0.2, -0.15) is 0 Å². The highest BCUT2D eigenvalue weighted by molar-refractivity contribution is 6.00. The number of hydrogen-bond acceptors (Lipinski definition) is 5. The van der Waals surface area contributed by atoms with Crippen LogP contribution in [0.15, 0.2) is 42.5 Å². The molecule has 0 atom stereocenters. The molecule has 0 saturated carbocycles. The fourth-order valence-electron chi connectivity index (χ4n) is 3.10. The SMILES string of the molecule is CCn1c(CCNc2ccc([N+](=O)[O-])cc2C(=O)NC)nc2ccccc21. The standard InChI is InChI=1S/C19H21N5O3/c1-3-23-17-7-5-4-6-16(17)22-18(23)10-11-21-15-9-8-13(24(26)27)12-14(15)19(25)20-2/h4-9,12,21H,3,10-11H2,1-2H3,(H,20,25). The molecule has 0 saturated heterocycles. The Bertz CT molecular complexity index is 996. The zero-order chi connectivity index (χ0) is 19.4. The molecule has 0 fully saturated rings. The second-order valence-electron chi connectivity index (χ2n) is 6.00. The van der Waals surface area contributed by atoms with Crippen molar-refractivity contribution in [2.45, 2.75) is 19.9 Å². The van der Waals surface area contributed by atoms with Crippen LogP contribution in [0.5, 0.6) is 0 Å². The minimum Gasteiger partial charge on any atom is -0.384 e. The van der Waals surface area contributed by atoms with E-state index in [1.54, 1.807) is 6.07 Å². The summed E-state index contributed by atoms with van der Waals surface area (Å²) in [4.78, 5) is 27.2. The van der Waals surface area contributed by atoms with Crippen LogP contribution in [0.4, 0.5) is 11.4 Å². The summed E-state index contributed by atoms with van der Waals surface area (Å²) < 4.78 is 2.16. The second kappa shape index (κ2) is 7.86. The minimum absolute atomic E-state index is 0.119. The third-order valence-corrected chi connectivity index (χ3v) is 4.40. The molecule has 2 N–H and O–H groups in total. The molecule has 3 aromatic rings. The molecule has 27 heavy (non-hydrogen) atoms. The number of nitrogens with one attached hydrogen (secondary N) is 2. The molecule has 0 aliphatic rings. The summed E-state index contributed by atoms with van der Waals surface area (Å²) in [5.41, 5.74) is 2.73. The molecule has 0 spiro atoms. The van der Waals surface area contributed by atoms with Gasteiger partial charge in [0.05, 0.1) is 21.5 Å². The molecule has 140 valence electrons. The van der Waals surface area contributed by atoms with E-state index in [-0.39, 0.29) is 17.2 Å². The van der Waals surface area contributed by atoms with E-state index >= 15 is 0 Å². The van der Waals surface area contributed by atoms with Crippen molar-refractivity contribution in [3.8, 4) is 0 Å². The first kappa shape index (κ1) is 18.4. The van der Waals surface area contributed by atoms with Crippen molar-refractivity contribution in [1.29, 1.82) is 0 Å². The predicted octanol–water partition coefficient (Wildman–Crippen LogP) is 2.98. The number of fused-ring (bicyclic) bond motifs is 1. The molecule has 0 unspecified atom stereocenters. The Morgan fingerprint density at radius 2 is 2.04 bits per heavy atom. The van der Waals surface area contributed by atoms with Crippen LogP contribution in [0.2, 0.25) is 0 Å². The van der Waals surface area contributed by atoms with Gasteiger partial charge in [-0.05, 0) is 25.1 Å². The zero-order valence-electron chi connectivity index (χ0n) is 15.2. The number of nitro groups is 1. The number of hydrogen-bond donors (Lipinski definition) is 2. The lowest BCUT2D eigenvalue weighted by Crippen LogP contribution is -2.20. The summed E-state index contributed by atoms with van der Waals surface area (Å²) >= 11 is 0. The lowest BCUT2D eigenvalue weighted by atomic mass is 10.1.